The summed E-state index contributed by atoms with van der Waals surface area (Å²) in [7, 11) is 0. The minimum atomic E-state index is -0.419. The van der Waals surface area contributed by atoms with E-state index in [4.69, 9.17) is 28.1 Å². The Morgan fingerprint density at radius 3 is 2.76 bits per heavy atom. The molecule has 1 unspecified atom stereocenters. The van der Waals surface area contributed by atoms with Gasteiger partial charge in [0.1, 0.15) is 16.7 Å². The van der Waals surface area contributed by atoms with E-state index in [0.717, 1.165) is 52.8 Å². The van der Waals surface area contributed by atoms with E-state index in [9.17, 15) is 4.79 Å². The lowest BCUT2D eigenvalue weighted by molar-refractivity contribution is 0.1000. The number of fused-ring (bicyclic) bond motifs is 2. The zero-order chi connectivity index (χ0) is 25.5. The highest BCUT2D eigenvalue weighted by Gasteiger charge is 2.32. The average Bonchev–Trinajstić information content (AvgIpc) is 3.49. The summed E-state index contributed by atoms with van der Waals surface area (Å²) in [6, 6.07) is 21.8. The summed E-state index contributed by atoms with van der Waals surface area (Å²) in [6.07, 6.45) is 1.57. The maximum atomic E-state index is 11.8. The lowest BCUT2D eigenvalue weighted by atomic mass is 9.82. The normalized spacial score (nSPS) is 16.0. The molecule has 2 atom stereocenters. The van der Waals surface area contributed by atoms with Crippen molar-refractivity contribution >= 4 is 34.2 Å². The summed E-state index contributed by atoms with van der Waals surface area (Å²) in [4.78, 5) is 20.2. The summed E-state index contributed by atoms with van der Waals surface area (Å²) >= 11 is 6.74. The Hall–Kier alpha value is -4.14. The molecule has 0 fully saturated rings. The highest BCUT2D eigenvalue weighted by molar-refractivity contribution is 6.32. The van der Waals surface area contributed by atoms with Crippen LogP contribution in [-0.4, -0.2) is 32.6 Å². The van der Waals surface area contributed by atoms with E-state index in [1.165, 1.54) is 5.56 Å². The number of primary amides is 1. The summed E-state index contributed by atoms with van der Waals surface area (Å²) in [5.41, 5.74) is 17.8. The van der Waals surface area contributed by atoms with Gasteiger partial charge in [-0.1, -0.05) is 54.1 Å². The fourth-order valence-electron chi connectivity index (χ4n) is 5.27. The number of imidazole rings is 1. The number of H-pyrrole nitrogens is 2. The van der Waals surface area contributed by atoms with Gasteiger partial charge in [-0.2, -0.15) is 5.10 Å². The predicted octanol–water partition coefficient (Wildman–Crippen LogP) is 4.50. The maximum Gasteiger partial charge on any atom is 0.248 e. The quantitative estimate of drug-likeness (QED) is 0.228. The summed E-state index contributed by atoms with van der Waals surface area (Å²) < 4.78 is 0. The lowest BCUT2D eigenvalue weighted by Gasteiger charge is -2.33. The molecule has 8 nitrogen and oxygen atoms in total. The van der Waals surface area contributed by atoms with E-state index in [1.54, 1.807) is 6.07 Å². The number of anilines is 1. The fourth-order valence-corrected chi connectivity index (χ4v) is 5.52. The topological polar surface area (TPSA) is 138 Å². The molecule has 3 heterocycles. The Balaban J connectivity index is 1.43. The van der Waals surface area contributed by atoms with Crippen LogP contribution in [0.1, 0.15) is 44.8 Å². The molecule has 5 aromatic rings. The minimum Gasteiger partial charge on any atom is -0.382 e. The van der Waals surface area contributed by atoms with Gasteiger partial charge in [0.25, 0.3) is 0 Å². The van der Waals surface area contributed by atoms with Crippen LogP contribution >= 0.6 is 11.6 Å². The van der Waals surface area contributed by atoms with E-state index >= 15 is 0 Å². The molecule has 0 aliphatic carbocycles. The first kappa shape index (κ1) is 23.3. The molecule has 3 aromatic carbocycles. The van der Waals surface area contributed by atoms with Gasteiger partial charge in [-0.3, -0.25) is 9.89 Å². The molecule has 1 amide bonds. The van der Waals surface area contributed by atoms with Gasteiger partial charge in [0, 0.05) is 28.5 Å². The smallest absolute Gasteiger partial charge is 0.248 e. The second-order valence-electron chi connectivity index (χ2n) is 9.41. The van der Waals surface area contributed by atoms with Crippen LogP contribution < -0.4 is 16.8 Å². The Labute approximate surface area is 218 Å². The number of hydrogen-bond acceptors (Lipinski definition) is 5. The van der Waals surface area contributed by atoms with Gasteiger partial charge in [-0.25, -0.2) is 4.98 Å². The number of carbonyl (C=O) groups excluding carboxylic acids is 1. The Morgan fingerprint density at radius 2 is 1.95 bits per heavy atom. The van der Waals surface area contributed by atoms with Crippen molar-refractivity contribution in [3.8, 4) is 11.3 Å². The largest absolute Gasteiger partial charge is 0.382 e. The molecule has 1 aliphatic rings. The molecule has 9 heteroatoms. The average molecular weight is 512 g/mol. The highest BCUT2D eigenvalue weighted by Crippen LogP contribution is 2.39. The molecule has 0 saturated carbocycles. The SMILES string of the molecule is NC(=O)c1ccc2c(c1)CCNC2[C@H](Cc1ccccc1)c1nc(-c2ccc3c(N)n[nH]c3c2)c(Cl)[nH]1. The van der Waals surface area contributed by atoms with E-state index in [1.807, 2.05) is 48.5 Å². The Morgan fingerprint density at radius 1 is 1.11 bits per heavy atom. The molecule has 1 aliphatic heterocycles. The van der Waals surface area contributed by atoms with Crippen LogP contribution in [0.3, 0.4) is 0 Å². The highest BCUT2D eigenvalue weighted by atomic mass is 35.5. The van der Waals surface area contributed by atoms with Gasteiger partial charge < -0.3 is 21.8 Å². The first-order chi connectivity index (χ1) is 18.0. The molecule has 37 heavy (non-hydrogen) atoms. The standard InChI is InChI=1S/C28H26ClN7O/c29-25-23(17-6-9-20-22(14-17)35-36-26(20)30)33-28(34-25)21(12-15-4-2-1-3-5-15)24-19-8-7-18(27(31)37)13-16(19)10-11-32-24/h1-9,13-14,21,24,32H,10-12H2,(H2,31,37)(H,33,34)(H3,30,35,36)/t21-,24?/m0/s1. The van der Waals surface area contributed by atoms with Crippen molar-refractivity contribution in [2.45, 2.75) is 24.8 Å². The van der Waals surface area contributed by atoms with Crippen molar-refractivity contribution in [2.75, 3.05) is 12.3 Å². The third-order valence-electron chi connectivity index (χ3n) is 7.12. The van der Waals surface area contributed by atoms with Crippen LogP contribution in [0.5, 0.6) is 0 Å². The van der Waals surface area contributed by atoms with Gasteiger partial charge in [0.15, 0.2) is 5.82 Å². The van der Waals surface area contributed by atoms with Gasteiger partial charge in [-0.05, 0) is 60.3 Å². The van der Waals surface area contributed by atoms with Crippen molar-refractivity contribution in [2.24, 2.45) is 5.73 Å². The van der Waals surface area contributed by atoms with Crippen LogP contribution in [0.2, 0.25) is 5.15 Å². The Kier molecular flexibility index (Phi) is 5.90. The third kappa shape index (κ3) is 4.34. The number of rotatable bonds is 6. The second kappa shape index (κ2) is 9.38. The lowest BCUT2D eigenvalue weighted by Crippen LogP contribution is -2.35. The molecule has 0 saturated heterocycles. The first-order valence-corrected chi connectivity index (χ1v) is 12.5. The first-order valence-electron chi connectivity index (χ1n) is 12.2. The maximum absolute atomic E-state index is 11.8. The summed E-state index contributed by atoms with van der Waals surface area (Å²) in [6.45, 7) is 0.782. The van der Waals surface area contributed by atoms with Crippen molar-refractivity contribution in [1.29, 1.82) is 0 Å². The Bertz CT molecular complexity index is 1610. The van der Waals surface area contributed by atoms with E-state index in [0.29, 0.717) is 22.2 Å². The van der Waals surface area contributed by atoms with Crippen LogP contribution in [0.4, 0.5) is 5.82 Å². The molecule has 2 aromatic heterocycles. The zero-order valence-electron chi connectivity index (χ0n) is 20.0. The van der Waals surface area contributed by atoms with E-state index < -0.39 is 5.91 Å². The van der Waals surface area contributed by atoms with Gasteiger partial charge >= 0.3 is 0 Å². The molecule has 0 bridgehead atoms. The number of nitrogen functional groups attached to an aromatic ring is 1. The second-order valence-corrected chi connectivity index (χ2v) is 9.79. The van der Waals surface area contributed by atoms with Crippen LogP contribution in [0.25, 0.3) is 22.2 Å². The summed E-state index contributed by atoms with van der Waals surface area (Å²) in [5.74, 6) is 0.785. The van der Waals surface area contributed by atoms with E-state index in [-0.39, 0.29) is 12.0 Å². The molecule has 186 valence electrons. The number of nitrogens with two attached hydrogens (primary N) is 2. The van der Waals surface area contributed by atoms with Crippen LogP contribution in [-0.2, 0) is 12.8 Å². The summed E-state index contributed by atoms with van der Waals surface area (Å²) in [5, 5.41) is 12.1. The van der Waals surface area contributed by atoms with Crippen molar-refractivity contribution in [1.82, 2.24) is 25.5 Å². The molecular weight excluding hydrogens is 486 g/mol. The van der Waals surface area contributed by atoms with Crippen LogP contribution in [0, 0.1) is 0 Å². The number of nitrogens with one attached hydrogen (secondary N) is 3. The molecular formula is C28H26ClN7O. The molecule has 7 N–H and O–H groups in total. The molecule has 6 rings (SSSR count). The number of nitrogens with zero attached hydrogens (tertiary/aromatic N) is 2. The van der Waals surface area contributed by atoms with Gasteiger partial charge in [0.05, 0.1) is 5.52 Å². The number of aromatic nitrogens is 4. The number of amides is 1. The van der Waals surface area contributed by atoms with Crippen LogP contribution in [0.15, 0.2) is 66.7 Å². The van der Waals surface area contributed by atoms with E-state index in [2.05, 4.69) is 32.6 Å². The number of carbonyl (C=O) groups is 1. The molecule has 0 radical (unpaired) electrons. The molecule has 0 spiro atoms. The number of benzene rings is 3. The van der Waals surface area contributed by atoms with Crippen molar-refractivity contribution in [3.05, 3.63) is 100.0 Å². The number of halogens is 1. The number of hydrogen-bond donors (Lipinski definition) is 5. The van der Waals surface area contributed by atoms with Gasteiger partial charge in [-0.15, -0.1) is 0 Å². The fraction of sp³-hybridized carbons (Fsp3) is 0.179. The van der Waals surface area contributed by atoms with Gasteiger partial charge in [0.2, 0.25) is 5.91 Å². The number of aromatic amines is 2. The van der Waals surface area contributed by atoms with Crippen molar-refractivity contribution < 1.29 is 4.79 Å². The monoisotopic (exact) mass is 511 g/mol. The zero-order valence-corrected chi connectivity index (χ0v) is 20.7. The minimum absolute atomic E-state index is 0.0316. The third-order valence-corrected chi connectivity index (χ3v) is 7.39. The van der Waals surface area contributed by atoms with Crippen molar-refractivity contribution in [3.63, 3.8) is 0 Å². The predicted molar refractivity (Wildman–Crippen MR) is 145 cm³/mol.